The number of hydroxylamine groups is 4. The molecule has 0 saturated carbocycles. The highest BCUT2D eigenvalue weighted by molar-refractivity contribution is 4.56. The smallest absolute Gasteiger partial charge is 0.171 e. The summed E-state index contributed by atoms with van der Waals surface area (Å²) in [6.07, 6.45) is 16.4. The Hall–Kier alpha value is -0.900. The molecule has 0 unspecified atom stereocenters. The van der Waals surface area contributed by atoms with Crippen LogP contribution in [0.1, 0.15) is 77.0 Å². The van der Waals surface area contributed by atoms with Gasteiger partial charge < -0.3 is 9.78 Å². The van der Waals surface area contributed by atoms with E-state index in [1.165, 1.54) is 63.9 Å². The molecule has 152 valence electrons. The molecule has 3 aliphatic heterocycles. The molecule has 8 heteroatoms. The van der Waals surface area contributed by atoms with Crippen LogP contribution in [0.2, 0.25) is 0 Å². The van der Waals surface area contributed by atoms with Crippen molar-refractivity contribution in [3.63, 3.8) is 0 Å². The van der Waals surface area contributed by atoms with Crippen LogP contribution in [-0.4, -0.2) is 36.3 Å². The molecule has 0 aromatic carbocycles. The third-order valence-electron chi connectivity index (χ3n) is 4.65. The molecule has 0 radical (unpaired) electrons. The largest absolute Gasteiger partial charge is 0.311 e. The minimum absolute atomic E-state index is 0.842. The van der Waals surface area contributed by atoms with Gasteiger partial charge in [-0.05, 0) is 25.7 Å². The summed E-state index contributed by atoms with van der Waals surface area (Å²) in [5.74, 6) is 0. The molecule has 3 heterocycles. The Morgan fingerprint density at radius 3 is 1.08 bits per heavy atom. The van der Waals surface area contributed by atoms with Gasteiger partial charge in [0.25, 0.3) is 0 Å². The number of nitrogens with zero attached hydrogens (tertiary/aromatic N) is 2. The van der Waals surface area contributed by atoms with Crippen LogP contribution >= 0.6 is 0 Å². The fraction of sp³-hybridized carbons (Fsp3) is 0.889. The van der Waals surface area contributed by atoms with Crippen LogP contribution in [-0.2, 0) is 29.8 Å². The first-order valence-electron chi connectivity index (χ1n) is 10.1. The molecule has 0 amide bonds. The summed E-state index contributed by atoms with van der Waals surface area (Å²) in [7, 11) is 0. The van der Waals surface area contributed by atoms with E-state index in [1.54, 1.807) is 0 Å². The Labute approximate surface area is 156 Å². The fourth-order valence-electron chi connectivity index (χ4n) is 3.15. The van der Waals surface area contributed by atoms with Gasteiger partial charge in [0.15, 0.2) is 12.5 Å². The Morgan fingerprint density at radius 2 is 0.731 bits per heavy atom. The number of hydrogen-bond donors (Lipinski definition) is 0. The topological polar surface area (TPSA) is 61.9 Å². The monoisotopic (exact) mass is 374 g/mol. The van der Waals surface area contributed by atoms with Gasteiger partial charge >= 0.3 is 0 Å². The SMILES string of the molecule is C1=C\OOON2CCCCCCCCN(CCCCCCCC2)OOO/1. The van der Waals surface area contributed by atoms with Crippen molar-refractivity contribution in [2.75, 3.05) is 26.2 Å². The summed E-state index contributed by atoms with van der Waals surface area (Å²) in [4.78, 5) is 20.1. The van der Waals surface area contributed by atoms with Crippen molar-refractivity contribution in [2.24, 2.45) is 0 Å². The average Bonchev–Trinajstić information content (AvgIpc) is 2.65. The maximum atomic E-state index is 5.25. The number of fused-ring (bicyclic) bond motifs is 20. The normalized spacial score (nSPS) is 30.5. The predicted octanol–water partition coefficient (Wildman–Crippen LogP) is 4.36. The predicted molar refractivity (Wildman–Crippen MR) is 94.2 cm³/mol. The van der Waals surface area contributed by atoms with Crippen molar-refractivity contribution in [3.8, 4) is 0 Å². The lowest BCUT2D eigenvalue weighted by Crippen LogP contribution is -2.27. The van der Waals surface area contributed by atoms with Crippen molar-refractivity contribution < 1.29 is 29.8 Å². The molecule has 0 aromatic heterocycles. The van der Waals surface area contributed by atoms with Crippen LogP contribution in [0.25, 0.3) is 0 Å². The molecule has 1 fully saturated rings. The van der Waals surface area contributed by atoms with Crippen molar-refractivity contribution in [1.29, 1.82) is 0 Å². The molecule has 0 aliphatic carbocycles. The van der Waals surface area contributed by atoms with Crippen LogP contribution in [0.15, 0.2) is 12.5 Å². The van der Waals surface area contributed by atoms with Gasteiger partial charge in [0.05, 0.1) is 0 Å². The van der Waals surface area contributed by atoms with E-state index in [4.69, 9.17) is 29.8 Å². The van der Waals surface area contributed by atoms with E-state index >= 15 is 0 Å². The van der Waals surface area contributed by atoms with E-state index in [0.717, 1.165) is 51.9 Å². The lowest BCUT2D eigenvalue weighted by atomic mass is 10.1. The maximum Gasteiger partial charge on any atom is 0.171 e. The van der Waals surface area contributed by atoms with Crippen molar-refractivity contribution in [3.05, 3.63) is 12.5 Å². The van der Waals surface area contributed by atoms with E-state index in [2.05, 4.69) is 0 Å². The minimum Gasteiger partial charge on any atom is -0.311 e. The minimum atomic E-state index is 0.842. The molecule has 0 spiro atoms. The zero-order chi connectivity index (χ0) is 18.1. The summed E-state index contributed by atoms with van der Waals surface area (Å²) >= 11 is 0. The van der Waals surface area contributed by atoms with Crippen molar-refractivity contribution >= 4 is 0 Å². The first-order valence-corrected chi connectivity index (χ1v) is 10.1. The summed E-state index contributed by atoms with van der Waals surface area (Å²) in [6.45, 7) is 3.37. The highest BCUT2D eigenvalue weighted by atomic mass is 17.6. The first-order chi connectivity index (χ1) is 12.9. The fourth-order valence-corrected chi connectivity index (χ4v) is 3.15. The zero-order valence-corrected chi connectivity index (χ0v) is 15.8. The molecule has 2 bridgehead atoms. The van der Waals surface area contributed by atoms with Gasteiger partial charge in [0.1, 0.15) is 0 Å². The second kappa shape index (κ2) is 15.2. The molecule has 3 aliphatic rings. The van der Waals surface area contributed by atoms with Crippen molar-refractivity contribution in [1.82, 2.24) is 10.1 Å². The molecular weight excluding hydrogens is 340 g/mol. The van der Waals surface area contributed by atoms with Crippen LogP contribution in [0.3, 0.4) is 0 Å². The van der Waals surface area contributed by atoms with Gasteiger partial charge in [0.2, 0.25) is 0 Å². The molecule has 1 saturated heterocycles. The van der Waals surface area contributed by atoms with Crippen LogP contribution < -0.4 is 0 Å². The summed E-state index contributed by atoms with van der Waals surface area (Å²) in [5.41, 5.74) is 0. The highest BCUT2D eigenvalue weighted by Gasteiger charge is 2.10. The second-order valence-corrected chi connectivity index (χ2v) is 6.85. The van der Waals surface area contributed by atoms with Crippen LogP contribution in [0, 0.1) is 0 Å². The average molecular weight is 374 g/mol. The zero-order valence-electron chi connectivity index (χ0n) is 15.8. The van der Waals surface area contributed by atoms with Gasteiger partial charge in [-0.3, -0.25) is 0 Å². The Morgan fingerprint density at radius 1 is 0.423 bits per heavy atom. The molecule has 26 heavy (non-hydrogen) atoms. The van der Waals surface area contributed by atoms with Gasteiger partial charge in [-0.2, -0.15) is 10.1 Å². The second-order valence-electron chi connectivity index (χ2n) is 6.85. The third-order valence-corrected chi connectivity index (χ3v) is 4.65. The lowest BCUT2D eigenvalue weighted by Gasteiger charge is -2.20. The van der Waals surface area contributed by atoms with Crippen LogP contribution in [0.4, 0.5) is 0 Å². The van der Waals surface area contributed by atoms with Gasteiger partial charge in [-0.1, -0.05) is 61.3 Å². The molecular formula is C18H34N2O6. The van der Waals surface area contributed by atoms with E-state index in [-0.39, 0.29) is 0 Å². The Kier molecular flexibility index (Phi) is 12.5. The van der Waals surface area contributed by atoms with E-state index < -0.39 is 0 Å². The van der Waals surface area contributed by atoms with E-state index in [9.17, 15) is 0 Å². The molecule has 8 nitrogen and oxygen atoms in total. The van der Waals surface area contributed by atoms with Gasteiger partial charge in [-0.25, -0.2) is 0 Å². The summed E-state index contributed by atoms with van der Waals surface area (Å²) < 4.78 is 0. The molecule has 3 rings (SSSR count). The van der Waals surface area contributed by atoms with E-state index in [1.807, 2.05) is 10.1 Å². The first kappa shape index (κ1) is 21.4. The molecule has 0 atom stereocenters. The molecule has 0 N–H and O–H groups in total. The van der Waals surface area contributed by atoms with Crippen LogP contribution in [0.5, 0.6) is 0 Å². The van der Waals surface area contributed by atoms with Gasteiger partial charge in [0, 0.05) is 36.3 Å². The standard InChI is InChI=1S/C18H34N2O6/c1-2-6-10-14-20-16-12-8-4-3-7-11-15-19(13-9-5-1)23-25-21-17-18-22-26-24-20/h17-18H,1-16H2/b18-17-. The quantitative estimate of drug-likeness (QED) is 0.580. The van der Waals surface area contributed by atoms with E-state index in [0.29, 0.717) is 0 Å². The lowest BCUT2D eigenvalue weighted by molar-refractivity contribution is -0.572. The maximum absolute atomic E-state index is 5.25. The highest BCUT2D eigenvalue weighted by Crippen LogP contribution is 2.12. The van der Waals surface area contributed by atoms with Gasteiger partial charge in [-0.15, -0.1) is 0 Å². The summed E-state index contributed by atoms with van der Waals surface area (Å²) in [6, 6.07) is 0. The number of rotatable bonds is 0. The van der Waals surface area contributed by atoms with Crippen molar-refractivity contribution in [2.45, 2.75) is 77.0 Å². The Bertz CT molecular complexity index is 307. The summed E-state index contributed by atoms with van der Waals surface area (Å²) in [5, 5.41) is 13.2. The number of hydrogen-bond acceptors (Lipinski definition) is 8. The Balaban J connectivity index is 1.91. The third kappa shape index (κ3) is 10.9. The molecule has 0 aromatic rings.